The van der Waals surface area contributed by atoms with Crippen molar-refractivity contribution in [2.75, 3.05) is 13.2 Å². The number of amides is 3. The molecule has 1 fully saturated rings. The number of allylic oxidation sites excluding steroid dienone is 2. The van der Waals surface area contributed by atoms with Crippen molar-refractivity contribution in [2.45, 2.75) is 19.8 Å². The van der Waals surface area contributed by atoms with Gasteiger partial charge in [0.2, 0.25) is 11.8 Å². The molecular formula is C12H16N2O4. The van der Waals surface area contributed by atoms with Gasteiger partial charge in [-0.05, 0) is 19.8 Å². The quantitative estimate of drug-likeness (QED) is 0.434. The van der Waals surface area contributed by atoms with Crippen molar-refractivity contribution in [3.05, 3.63) is 12.2 Å². The largest absolute Gasteiger partial charge is 0.274 e. The number of hydrogen-bond acceptors (Lipinski definition) is 4. The minimum atomic E-state index is -0.481. The summed E-state index contributed by atoms with van der Waals surface area (Å²) in [4.78, 5) is 41.2. The molecule has 3 amide bonds. The molecule has 0 aromatic rings. The van der Waals surface area contributed by atoms with E-state index in [1.54, 1.807) is 6.92 Å². The molecule has 6 nitrogen and oxygen atoms in total. The van der Waals surface area contributed by atoms with Crippen molar-refractivity contribution in [3.63, 3.8) is 0 Å². The van der Waals surface area contributed by atoms with E-state index in [1.165, 1.54) is 0 Å². The number of hydrogen-bond donors (Lipinski definition) is 1. The summed E-state index contributed by atoms with van der Waals surface area (Å²) in [6.45, 7) is 1.81. The number of rotatable bonds is 4. The third-order valence-corrected chi connectivity index (χ3v) is 3.23. The minimum absolute atomic E-state index is 0.249. The second kappa shape index (κ2) is 5.30. The average molecular weight is 252 g/mol. The summed E-state index contributed by atoms with van der Waals surface area (Å²) in [5, 5.41) is 0. The van der Waals surface area contributed by atoms with Gasteiger partial charge in [0.25, 0.3) is 5.91 Å². The molecule has 1 N–H and O–H groups in total. The molecule has 2 rings (SSSR count). The van der Waals surface area contributed by atoms with E-state index in [-0.39, 0.29) is 30.2 Å². The van der Waals surface area contributed by atoms with Crippen molar-refractivity contribution in [1.82, 2.24) is 10.4 Å². The number of carbonyl (C=O) groups excluding carboxylic acids is 3. The Morgan fingerprint density at radius 1 is 1.33 bits per heavy atom. The lowest BCUT2D eigenvalue weighted by atomic mass is 9.85. The number of nitrogens with one attached hydrogen (secondary N) is 1. The maximum Gasteiger partial charge on any atom is 0.263 e. The van der Waals surface area contributed by atoms with E-state index < -0.39 is 5.91 Å². The van der Waals surface area contributed by atoms with E-state index in [9.17, 15) is 14.4 Å². The highest BCUT2D eigenvalue weighted by Crippen LogP contribution is 2.34. The Labute approximate surface area is 105 Å². The maximum absolute atomic E-state index is 12.0. The van der Waals surface area contributed by atoms with Crippen LogP contribution in [0.3, 0.4) is 0 Å². The number of carbonyl (C=O) groups is 3. The average Bonchev–Trinajstić information content (AvgIpc) is 2.62. The van der Waals surface area contributed by atoms with Crippen LogP contribution in [-0.2, 0) is 19.2 Å². The Hall–Kier alpha value is -1.69. The number of nitrogens with zero attached hydrogens (tertiary/aromatic N) is 1. The van der Waals surface area contributed by atoms with Crippen molar-refractivity contribution < 1.29 is 19.2 Å². The van der Waals surface area contributed by atoms with Crippen molar-refractivity contribution in [1.29, 1.82) is 0 Å². The van der Waals surface area contributed by atoms with Crippen LogP contribution in [0, 0.1) is 11.8 Å². The summed E-state index contributed by atoms with van der Waals surface area (Å²) in [5.74, 6) is -1.56. The van der Waals surface area contributed by atoms with Gasteiger partial charge in [0.15, 0.2) is 0 Å². The van der Waals surface area contributed by atoms with Crippen molar-refractivity contribution in [3.8, 4) is 0 Å². The van der Waals surface area contributed by atoms with Gasteiger partial charge in [-0.2, -0.15) is 0 Å². The fraction of sp³-hybridized carbons (Fsp3) is 0.583. The predicted octanol–water partition coefficient (Wildman–Crippen LogP) is 0.00530. The van der Waals surface area contributed by atoms with Crippen LogP contribution in [-0.4, -0.2) is 35.8 Å². The van der Waals surface area contributed by atoms with Crippen molar-refractivity contribution >= 4 is 17.7 Å². The Bertz CT molecular complexity index is 379. The molecule has 0 aromatic carbocycles. The van der Waals surface area contributed by atoms with Gasteiger partial charge in [-0.15, -0.1) is 0 Å². The number of hydroxylamine groups is 1. The molecule has 0 saturated carbocycles. The van der Waals surface area contributed by atoms with Gasteiger partial charge in [0.1, 0.15) is 6.54 Å². The van der Waals surface area contributed by atoms with Gasteiger partial charge in [-0.25, -0.2) is 5.48 Å². The molecule has 0 spiro atoms. The number of fused-ring (bicyclic) bond motifs is 1. The molecule has 0 aromatic heterocycles. The minimum Gasteiger partial charge on any atom is -0.274 e. The monoisotopic (exact) mass is 252 g/mol. The summed E-state index contributed by atoms with van der Waals surface area (Å²) in [5.41, 5.74) is 2.18. The molecule has 6 heteroatoms. The zero-order valence-corrected chi connectivity index (χ0v) is 10.2. The van der Waals surface area contributed by atoms with E-state index in [4.69, 9.17) is 4.84 Å². The van der Waals surface area contributed by atoms with Crippen LogP contribution >= 0.6 is 0 Å². The highest BCUT2D eigenvalue weighted by Gasteiger charge is 2.47. The summed E-state index contributed by atoms with van der Waals surface area (Å²) in [6.07, 6.45) is 4.99. The van der Waals surface area contributed by atoms with Gasteiger partial charge in [0.05, 0.1) is 18.4 Å². The zero-order valence-electron chi connectivity index (χ0n) is 10.2. The van der Waals surface area contributed by atoms with Gasteiger partial charge >= 0.3 is 0 Å². The predicted molar refractivity (Wildman–Crippen MR) is 61.8 cm³/mol. The number of imide groups is 1. The molecule has 0 radical (unpaired) electrons. The normalized spacial score (nSPS) is 26.4. The zero-order chi connectivity index (χ0) is 13.1. The molecule has 1 aliphatic carbocycles. The molecular weight excluding hydrogens is 236 g/mol. The van der Waals surface area contributed by atoms with Crippen molar-refractivity contribution in [2.24, 2.45) is 11.8 Å². The van der Waals surface area contributed by atoms with Crippen LogP contribution in [0.1, 0.15) is 19.8 Å². The van der Waals surface area contributed by atoms with Crippen LogP contribution < -0.4 is 5.48 Å². The van der Waals surface area contributed by atoms with E-state index >= 15 is 0 Å². The molecule has 18 heavy (non-hydrogen) atoms. The van der Waals surface area contributed by atoms with Gasteiger partial charge in [0, 0.05) is 0 Å². The summed E-state index contributed by atoms with van der Waals surface area (Å²) in [6, 6.07) is 0. The summed E-state index contributed by atoms with van der Waals surface area (Å²) >= 11 is 0. The topological polar surface area (TPSA) is 75.7 Å². The van der Waals surface area contributed by atoms with Crippen LogP contribution in [0.4, 0.5) is 0 Å². The Morgan fingerprint density at radius 3 is 2.39 bits per heavy atom. The Kier molecular flexibility index (Phi) is 3.76. The molecule has 0 unspecified atom stereocenters. The second-order valence-corrected chi connectivity index (χ2v) is 4.38. The first-order valence-corrected chi connectivity index (χ1v) is 6.06. The maximum atomic E-state index is 12.0. The fourth-order valence-electron chi connectivity index (χ4n) is 2.35. The second-order valence-electron chi connectivity index (χ2n) is 4.38. The molecule has 1 heterocycles. The number of likely N-dealkylation sites (tertiary alicyclic amines) is 1. The highest BCUT2D eigenvalue weighted by molar-refractivity contribution is 6.07. The molecule has 1 aliphatic heterocycles. The smallest absolute Gasteiger partial charge is 0.263 e. The molecule has 2 atom stereocenters. The lowest BCUT2D eigenvalue weighted by molar-refractivity contribution is -0.147. The molecule has 2 aliphatic rings. The van der Waals surface area contributed by atoms with E-state index in [1.807, 2.05) is 12.2 Å². The van der Waals surface area contributed by atoms with Gasteiger partial charge in [-0.1, -0.05) is 12.2 Å². The lowest BCUT2D eigenvalue weighted by Crippen LogP contribution is -2.41. The van der Waals surface area contributed by atoms with Crippen LogP contribution in [0.15, 0.2) is 12.2 Å². The lowest BCUT2D eigenvalue weighted by Gasteiger charge is -2.14. The van der Waals surface area contributed by atoms with Gasteiger partial charge in [-0.3, -0.25) is 24.1 Å². The first-order valence-electron chi connectivity index (χ1n) is 6.06. The summed E-state index contributed by atoms with van der Waals surface area (Å²) in [7, 11) is 0. The van der Waals surface area contributed by atoms with Crippen LogP contribution in [0.25, 0.3) is 0 Å². The molecule has 1 saturated heterocycles. The van der Waals surface area contributed by atoms with Crippen LogP contribution in [0.2, 0.25) is 0 Å². The first-order chi connectivity index (χ1) is 8.65. The van der Waals surface area contributed by atoms with Gasteiger partial charge < -0.3 is 0 Å². The van der Waals surface area contributed by atoms with E-state index in [0.29, 0.717) is 19.4 Å². The Morgan fingerprint density at radius 2 is 1.89 bits per heavy atom. The Balaban J connectivity index is 2.00. The molecule has 0 bridgehead atoms. The third-order valence-electron chi connectivity index (χ3n) is 3.23. The fourth-order valence-corrected chi connectivity index (χ4v) is 2.35. The highest BCUT2D eigenvalue weighted by atomic mass is 16.6. The third kappa shape index (κ3) is 2.28. The van der Waals surface area contributed by atoms with E-state index in [2.05, 4.69) is 5.48 Å². The standard InChI is InChI=1S/C12H16N2O4/c1-2-18-13-10(15)7-14-11(16)8-5-3-4-6-9(8)12(14)17/h3-4,8-9H,2,5-7H2,1H3,(H,13,15)/t8-,9+. The van der Waals surface area contributed by atoms with E-state index in [0.717, 1.165) is 4.90 Å². The summed E-state index contributed by atoms with van der Waals surface area (Å²) < 4.78 is 0. The molecule has 98 valence electrons. The SMILES string of the molecule is CCONC(=O)CN1C(=O)[C@H]2CC=CC[C@H]2C1=O. The first kappa shape index (κ1) is 12.8. The van der Waals surface area contributed by atoms with Crippen LogP contribution in [0.5, 0.6) is 0 Å².